The van der Waals surface area contributed by atoms with Crippen molar-refractivity contribution in [3.63, 3.8) is 0 Å². The largest absolute Gasteiger partial charge is 0.468 e. The number of carbonyl (C=O) groups excluding carboxylic acids is 2. The highest BCUT2D eigenvalue weighted by atomic mass is 16.5. The van der Waals surface area contributed by atoms with Crippen molar-refractivity contribution < 1.29 is 19.1 Å². The molecule has 0 radical (unpaired) electrons. The van der Waals surface area contributed by atoms with Gasteiger partial charge in [-0.3, -0.25) is 9.59 Å². The van der Waals surface area contributed by atoms with Crippen LogP contribution in [-0.2, 0) is 19.1 Å². The van der Waals surface area contributed by atoms with Gasteiger partial charge in [-0.05, 0) is 37.5 Å². The van der Waals surface area contributed by atoms with Crippen molar-refractivity contribution in [1.29, 1.82) is 0 Å². The van der Waals surface area contributed by atoms with Crippen LogP contribution < -0.4 is 0 Å². The fraction of sp³-hybridized carbons (Fsp3) is 0.692. The third-order valence-corrected chi connectivity index (χ3v) is 4.08. The first-order chi connectivity index (χ1) is 8.14. The van der Waals surface area contributed by atoms with E-state index >= 15 is 0 Å². The number of carbonyl (C=O) groups is 2. The fourth-order valence-corrected chi connectivity index (χ4v) is 3.21. The Kier molecular flexibility index (Phi) is 3.22. The highest BCUT2D eigenvalue weighted by Gasteiger charge is 2.56. The maximum Gasteiger partial charge on any atom is 0.323 e. The van der Waals surface area contributed by atoms with Crippen LogP contribution in [0.4, 0.5) is 0 Å². The van der Waals surface area contributed by atoms with E-state index in [1.54, 1.807) is 0 Å². The van der Waals surface area contributed by atoms with Gasteiger partial charge in [0.25, 0.3) is 0 Å². The topological polar surface area (TPSA) is 52.6 Å². The van der Waals surface area contributed by atoms with Crippen molar-refractivity contribution in [3.8, 4) is 0 Å². The van der Waals surface area contributed by atoms with E-state index in [1.807, 2.05) is 0 Å². The van der Waals surface area contributed by atoms with Crippen molar-refractivity contribution >= 4 is 11.9 Å². The van der Waals surface area contributed by atoms with Crippen molar-refractivity contribution in [1.82, 2.24) is 0 Å². The molecule has 0 heterocycles. The molecule has 94 valence electrons. The maximum atomic E-state index is 11.9. The highest BCUT2D eigenvalue weighted by molar-refractivity contribution is 6.00. The van der Waals surface area contributed by atoms with Crippen LogP contribution in [0.2, 0.25) is 0 Å². The third-order valence-electron chi connectivity index (χ3n) is 4.08. The van der Waals surface area contributed by atoms with Crippen LogP contribution in [0, 0.1) is 17.3 Å². The summed E-state index contributed by atoms with van der Waals surface area (Å²) in [5, 5.41) is 0. The molecule has 0 spiro atoms. The molecule has 17 heavy (non-hydrogen) atoms. The Bertz CT molecular complexity index is 324. The monoisotopic (exact) mass is 238 g/mol. The molecular formula is C13H18O4. The lowest BCUT2D eigenvalue weighted by atomic mass is 9.85. The summed E-state index contributed by atoms with van der Waals surface area (Å²) in [6, 6.07) is 0. The minimum absolute atomic E-state index is 0.401. The molecule has 2 aliphatic carbocycles. The number of hydrogen-bond donors (Lipinski definition) is 0. The van der Waals surface area contributed by atoms with E-state index in [9.17, 15) is 9.59 Å². The van der Waals surface area contributed by atoms with Gasteiger partial charge >= 0.3 is 11.9 Å². The summed E-state index contributed by atoms with van der Waals surface area (Å²) < 4.78 is 9.61. The molecular weight excluding hydrogens is 220 g/mol. The minimum Gasteiger partial charge on any atom is -0.468 e. The summed E-state index contributed by atoms with van der Waals surface area (Å²) in [4.78, 5) is 23.9. The van der Waals surface area contributed by atoms with Gasteiger partial charge < -0.3 is 9.47 Å². The van der Waals surface area contributed by atoms with E-state index in [0.717, 1.165) is 12.8 Å². The molecule has 0 N–H and O–H groups in total. The van der Waals surface area contributed by atoms with Crippen LogP contribution in [0.3, 0.4) is 0 Å². The smallest absolute Gasteiger partial charge is 0.323 e. The average molecular weight is 238 g/mol. The maximum absolute atomic E-state index is 11.9. The number of allylic oxidation sites excluding steroid dienone is 2. The normalized spacial score (nSPS) is 29.5. The van der Waals surface area contributed by atoms with E-state index in [0.29, 0.717) is 24.7 Å². The second-order valence-electron chi connectivity index (χ2n) is 4.94. The molecule has 4 heteroatoms. The number of rotatable bonds is 2. The Morgan fingerprint density at radius 2 is 1.41 bits per heavy atom. The first kappa shape index (κ1) is 12.1. The van der Waals surface area contributed by atoms with Crippen LogP contribution in [0.1, 0.15) is 25.7 Å². The van der Waals surface area contributed by atoms with Gasteiger partial charge in [-0.25, -0.2) is 0 Å². The molecule has 0 aromatic rings. The zero-order chi connectivity index (χ0) is 12.5. The van der Waals surface area contributed by atoms with E-state index in [4.69, 9.17) is 9.47 Å². The van der Waals surface area contributed by atoms with Gasteiger partial charge in [0.2, 0.25) is 0 Å². The van der Waals surface area contributed by atoms with Gasteiger partial charge in [0.05, 0.1) is 14.2 Å². The van der Waals surface area contributed by atoms with Gasteiger partial charge in [-0.2, -0.15) is 0 Å². The minimum atomic E-state index is -1.06. The zero-order valence-corrected chi connectivity index (χ0v) is 10.3. The predicted molar refractivity (Wildman–Crippen MR) is 61.1 cm³/mol. The van der Waals surface area contributed by atoms with Crippen LogP contribution in [0.15, 0.2) is 12.2 Å². The lowest BCUT2D eigenvalue weighted by Gasteiger charge is -2.23. The first-order valence-corrected chi connectivity index (χ1v) is 5.96. The van der Waals surface area contributed by atoms with Crippen molar-refractivity contribution in [2.45, 2.75) is 25.7 Å². The molecule has 0 aromatic heterocycles. The van der Waals surface area contributed by atoms with Crippen LogP contribution in [0.25, 0.3) is 0 Å². The standard InChI is InChI=1S/C13H18O4/c1-16-11(14)13(12(15)17-2)7-9-5-3-4-6-10(9)8-13/h3-4,9-10H,5-8H2,1-2H3. The number of fused-ring (bicyclic) bond motifs is 1. The molecule has 0 aromatic carbocycles. The Labute approximate surface area is 101 Å². The summed E-state index contributed by atoms with van der Waals surface area (Å²) in [5.41, 5.74) is -1.06. The quantitative estimate of drug-likeness (QED) is 0.417. The summed E-state index contributed by atoms with van der Waals surface area (Å²) in [6.45, 7) is 0. The summed E-state index contributed by atoms with van der Waals surface area (Å²) in [5.74, 6) is -0.0890. The lowest BCUT2D eigenvalue weighted by molar-refractivity contribution is -0.169. The van der Waals surface area contributed by atoms with Crippen LogP contribution in [0.5, 0.6) is 0 Å². The first-order valence-electron chi connectivity index (χ1n) is 5.96. The van der Waals surface area contributed by atoms with Crippen LogP contribution in [-0.4, -0.2) is 26.2 Å². The van der Waals surface area contributed by atoms with Gasteiger partial charge in [0.1, 0.15) is 0 Å². The van der Waals surface area contributed by atoms with E-state index in [-0.39, 0.29) is 0 Å². The Hall–Kier alpha value is -1.32. The van der Waals surface area contributed by atoms with Crippen molar-refractivity contribution in [2.75, 3.05) is 14.2 Å². The number of hydrogen-bond acceptors (Lipinski definition) is 4. The summed E-state index contributed by atoms with van der Waals surface area (Å²) >= 11 is 0. The Morgan fingerprint density at radius 1 is 1.00 bits per heavy atom. The summed E-state index contributed by atoms with van der Waals surface area (Å²) in [6.07, 6.45) is 7.27. The zero-order valence-electron chi connectivity index (χ0n) is 10.3. The molecule has 1 fully saturated rings. The summed E-state index contributed by atoms with van der Waals surface area (Å²) in [7, 11) is 2.65. The van der Waals surface area contributed by atoms with Crippen molar-refractivity contribution in [3.05, 3.63) is 12.2 Å². The Balaban J connectivity index is 2.26. The molecule has 2 unspecified atom stereocenters. The van der Waals surface area contributed by atoms with Crippen LogP contribution >= 0.6 is 0 Å². The molecule has 0 aliphatic heterocycles. The molecule has 2 aliphatic rings. The number of ether oxygens (including phenoxy) is 2. The second kappa shape index (κ2) is 4.51. The number of methoxy groups -OCH3 is 2. The van der Waals surface area contributed by atoms with Gasteiger partial charge in [0, 0.05) is 0 Å². The lowest BCUT2D eigenvalue weighted by Crippen LogP contribution is -2.39. The molecule has 0 bridgehead atoms. The molecule has 2 rings (SSSR count). The van der Waals surface area contributed by atoms with Gasteiger partial charge in [-0.1, -0.05) is 12.2 Å². The van der Waals surface area contributed by atoms with Crippen molar-refractivity contribution in [2.24, 2.45) is 17.3 Å². The highest BCUT2D eigenvalue weighted by Crippen LogP contribution is 2.51. The SMILES string of the molecule is COC(=O)C1(C(=O)OC)CC2CC=CCC2C1. The number of esters is 2. The van der Waals surface area contributed by atoms with E-state index in [2.05, 4.69) is 12.2 Å². The van der Waals surface area contributed by atoms with Gasteiger partial charge in [0.15, 0.2) is 5.41 Å². The van der Waals surface area contributed by atoms with E-state index < -0.39 is 17.4 Å². The van der Waals surface area contributed by atoms with Gasteiger partial charge in [-0.15, -0.1) is 0 Å². The average Bonchev–Trinajstić information content (AvgIpc) is 2.77. The molecule has 2 atom stereocenters. The molecule has 0 amide bonds. The fourth-order valence-electron chi connectivity index (χ4n) is 3.21. The Morgan fingerprint density at radius 3 is 1.76 bits per heavy atom. The molecule has 4 nitrogen and oxygen atoms in total. The molecule has 1 saturated carbocycles. The third kappa shape index (κ3) is 1.85. The van der Waals surface area contributed by atoms with E-state index in [1.165, 1.54) is 14.2 Å². The second-order valence-corrected chi connectivity index (χ2v) is 4.94. The predicted octanol–water partition coefficient (Wildman–Crippen LogP) is 1.69. The molecule has 0 saturated heterocycles.